The van der Waals surface area contributed by atoms with Crippen LogP contribution in [0, 0.1) is 12.2 Å². The van der Waals surface area contributed by atoms with E-state index in [0.717, 1.165) is 12.8 Å². The van der Waals surface area contributed by atoms with Gasteiger partial charge in [-0.3, -0.25) is 12.2 Å². The smallest absolute Gasteiger partial charge is 0.867 e. The molecule has 0 aromatic heterocycles. The molecule has 0 aliphatic heterocycles. The molecule has 7 heteroatoms. The zero-order valence-corrected chi connectivity index (χ0v) is 34.1. The minimum atomic E-state index is -0.181. The van der Waals surface area contributed by atoms with Crippen LogP contribution in [0.1, 0.15) is 121 Å². The Morgan fingerprint density at radius 3 is 1.04 bits per heavy atom. The van der Waals surface area contributed by atoms with Gasteiger partial charge in [0.1, 0.15) is 23.0 Å². The minimum Gasteiger partial charge on any atom is -0.867 e. The van der Waals surface area contributed by atoms with E-state index in [2.05, 4.69) is 50.3 Å². The van der Waals surface area contributed by atoms with Crippen LogP contribution in [0.2, 0.25) is 0 Å². The van der Waals surface area contributed by atoms with Gasteiger partial charge in [-0.1, -0.05) is 64.5 Å². The van der Waals surface area contributed by atoms with Crippen LogP contribution in [0.3, 0.4) is 0 Å². The normalized spacial score (nSPS) is 12.6. The second-order valence-electron chi connectivity index (χ2n) is 12.7. The monoisotopic (exact) mass is 750 g/mol. The molecular weight excluding hydrogens is 692 g/mol. The maximum absolute atomic E-state index is 11.8. The summed E-state index contributed by atoms with van der Waals surface area (Å²) in [4.78, 5) is 0. The van der Waals surface area contributed by atoms with Gasteiger partial charge in [-0.25, -0.2) is 23.3 Å². The molecule has 268 valence electrons. The van der Waals surface area contributed by atoms with Crippen molar-refractivity contribution < 1.29 is 55.4 Å². The Labute approximate surface area is 317 Å². The standard InChI is InChI=1S/2C12H18O3.2C9H13.Zr/c2*1-8(2)14-10-6-5-7-11(12(10)13)15-9(3)4;2*1-2-3-6-9-7-4-5-8-9;/h2*5-9,13H,1-4H3;2*4,7H,2-3,5-6H2,1H3;/q;;2*-1;+4/p-2. The van der Waals surface area contributed by atoms with Crippen LogP contribution in [0.25, 0.3) is 0 Å². The number of para-hydroxylation sites is 2. The van der Waals surface area contributed by atoms with Crippen LogP contribution >= 0.6 is 0 Å². The molecule has 0 bridgehead atoms. The summed E-state index contributed by atoms with van der Waals surface area (Å²) in [6.45, 7) is 19.5. The Hall–Kier alpha value is -2.92. The Morgan fingerprint density at radius 2 is 0.837 bits per heavy atom. The third-order valence-corrected chi connectivity index (χ3v) is 6.47. The molecule has 2 aromatic carbocycles. The zero-order valence-electron chi connectivity index (χ0n) is 31.7. The van der Waals surface area contributed by atoms with Gasteiger partial charge in [0, 0.05) is 0 Å². The Kier molecular flexibility index (Phi) is 25.3. The number of hydrogen-bond acceptors (Lipinski definition) is 6. The van der Waals surface area contributed by atoms with Gasteiger partial charge >= 0.3 is 26.2 Å². The van der Waals surface area contributed by atoms with E-state index in [1.54, 1.807) is 36.4 Å². The Bertz CT molecular complexity index is 1130. The van der Waals surface area contributed by atoms with Crippen LogP contribution in [-0.4, -0.2) is 24.4 Å². The molecule has 2 aromatic rings. The molecule has 4 rings (SSSR count). The molecule has 2 aliphatic rings. The number of benzene rings is 2. The average molecular weight is 752 g/mol. The van der Waals surface area contributed by atoms with Crippen LogP contribution in [-0.2, 0) is 26.2 Å². The summed E-state index contributed by atoms with van der Waals surface area (Å²) in [6.07, 6.45) is 25.0. The van der Waals surface area contributed by atoms with Gasteiger partial charge in [0.05, 0.1) is 24.4 Å². The second-order valence-corrected chi connectivity index (χ2v) is 12.7. The minimum absolute atomic E-state index is 0. The van der Waals surface area contributed by atoms with Crippen LogP contribution in [0.4, 0.5) is 0 Å². The fraction of sp³-hybridized carbons (Fsp3) is 0.524. The van der Waals surface area contributed by atoms with Crippen molar-refractivity contribution in [3.8, 4) is 34.5 Å². The molecule has 0 heterocycles. The average Bonchev–Trinajstić information content (AvgIpc) is 3.74. The van der Waals surface area contributed by atoms with Crippen molar-refractivity contribution in [2.45, 2.75) is 145 Å². The van der Waals surface area contributed by atoms with Gasteiger partial charge in [0.2, 0.25) is 0 Å². The topological polar surface area (TPSA) is 83.0 Å². The molecule has 0 N–H and O–H groups in total. The molecule has 0 saturated carbocycles. The molecule has 2 aliphatic carbocycles. The molecule has 0 fully saturated rings. The molecule has 6 nitrogen and oxygen atoms in total. The summed E-state index contributed by atoms with van der Waals surface area (Å²) in [7, 11) is 0. The van der Waals surface area contributed by atoms with Crippen molar-refractivity contribution in [3.63, 3.8) is 0 Å². The van der Waals surface area contributed by atoms with E-state index in [-0.39, 0.29) is 62.1 Å². The first-order chi connectivity index (χ1) is 22.9. The predicted octanol–water partition coefficient (Wildman–Crippen LogP) is 10.4. The van der Waals surface area contributed by atoms with Gasteiger partial charge in [-0.05, 0) is 91.2 Å². The van der Waals surface area contributed by atoms with Gasteiger partial charge in [0.15, 0.2) is 0 Å². The van der Waals surface area contributed by atoms with E-state index < -0.39 is 0 Å². The van der Waals surface area contributed by atoms with Gasteiger partial charge in [-0.2, -0.15) is 12.2 Å². The van der Waals surface area contributed by atoms with E-state index in [1.165, 1.54) is 49.7 Å². The van der Waals surface area contributed by atoms with Gasteiger partial charge < -0.3 is 29.2 Å². The molecular formula is C42H60O6Zr. The SMILES string of the molecule is CC(C)Oc1cccc(OC(C)C)c1[O-].CC(C)Oc1cccc(OC(C)C)c1[O-].CCCCC1=[C-]CC=C1.CCCCC1=[C-]CC=C1.[Zr+4]. The van der Waals surface area contributed by atoms with E-state index >= 15 is 0 Å². The summed E-state index contributed by atoms with van der Waals surface area (Å²) in [5, 5.41) is 23.6. The summed E-state index contributed by atoms with van der Waals surface area (Å²) >= 11 is 0. The maximum atomic E-state index is 11.8. The number of allylic oxidation sites excluding steroid dienone is 8. The van der Waals surface area contributed by atoms with Crippen molar-refractivity contribution in [2.75, 3.05) is 0 Å². The number of unbranched alkanes of at least 4 members (excludes halogenated alkanes) is 2. The molecule has 0 saturated heterocycles. The number of hydrogen-bond donors (Lipinski definition) is 0. The van der Waals surface area contributed by atoms with Crippen LogP contribution < -0.4 is 29.2 Å². The molecule has 0 spiro atoms. The molecule has 0 amide bonds. The summed E-state index contributed by atoms with van der Waals surface area (Å²) < 4.78 is 21.5. The van der Waals surface area contributed by atoms with Crippen molar-refractivity contribution in [1.82, 2.24) is 0 Å². The first kappa shape index (κ1) is 46.1. The fourth-order valence-electron chi connectivity index (χ4n) is 4.36. The molecule has 0 radical (unpaired) electrons. The molecule has 49 heavy (non-hydrogen) atoms. The maximum Gasteiger partial charge on any atom is 4.00 e. The third-order valence-electron chi connectivity index (χ3n) is 6.47. The van der Waals surface area contributed by atoms with Crippen molar-refractivity contribution in [2.24, 2.45) is 0 Å². The number of rotatable bonds is 14. The summed E-state index contributed by atoms with van der Waals surface area (Å²) in [5.74, 6) is 1.04. The number of ether oxygens (including phenoxy) is 4. The van der Waals surface area contributed by atoms with E-state index in [9.17, 15) is 10.2 Å². The summed E-state index contributed by atoms with van der Waals surface area (Å²) in [6, 6.07) is 10.2. The van der Waals surface area contributed by atoms with E-state index in [1.807, 2.05) is 55.4 Å². The second kappa shape index (κ2) is 26.9. The van der Waals surface area contributed by atoms with Crippen LogP contribution in [0.5, 0.6) is 34.5 Å². The Balaban J connectivity index is 0.000000640. The van der Waals surface area contributed by atoms with Crippen molar-refractivity contribution in [3.05, 3.63) is 84.0 Å². The fourth-order valence-corrected chi connectivity index (χ4v) is 4.36. The van der Waals surface area contributed by atoms with Crippen LogP contribution in [0.15, 0.2) is 71.8 Å². The first-order valence-electron chi connectivity index (χ1n) is 17.7. The van der Waals surface area contributed by atoms with Gasteiger partial charge in [-0.15, -0.1) is 12.8 Å². The molecule has 0 atom stereocenters. The quantitative estimate of drug-likeness (QED) is 0.179. The van der Waals surface area contributed by atoms with Crippen molar-refractivity contribution >= 4 is 0 Å². The largest absolute Gasteiger partial charge is 4.00 e. The Morgan fingerprint density at radius 1 is 0.551 bits per heavy atom. The van der Waals surface area contributed by atoms with E-state index in [0.29, 0.717) is 23.0 Å². The first-order valence-corrected chi connectivity index (χ1v) is 17.7. The third kappa shape index (κ3) is 21.0. The predicted molar refractivity (Wildman–Crippen MR) is 195 cm³/mol. The zero-order chi connectivity index (χ0) is 35.9. The van der Waals surface area contributed by atoms with E-state index in [4.69, 9.17) is 18.9 Å². The molecule has 0 unspecified atom stereocenters. The van der Waals surface area contributed by atoms with Gasteiger partial charge in [0.25, 0.3) is 0 Å². The van der Waals surface area contributed by atoms with Crippen molar-refractivity contribution in [1.29, 1.82) is 0 Å². The summed E-state index contributed by atoms with van der Waals surface area (Å²) in [5.41, 5.74) is 2.83.